The SMILES string of the molecule is CCN(c1cc(Cl)cc(C(=O)NCc2c(OCCN(C)C3CCC(N(CC)c4cc(Cl)cc(C(=O)NCc5c(-c6ocnc6CN(C)C6CCC(N(CC)c7cc(Cl)cc(C(=O)NCc8c(-c9ccns9)[nH]c(C)cc8=O)c7C)CC6)[nH]c(C)cc5=O)c4C)CC3)[nH]c(C#N)cc2=O)c1C)C1CCC(N(C)C)CC1. The summed E-state index contributed by atoms with van der Waals surface area (Å²) in [5.41, 5.74) is 9.53. The summed E-state index contributed by atoms with van der Waals surface area (Å²) in [7, 11) is 8.40. The molecule has 3 saturated carbocycles. The number of amides is 3. The number of hydrogen-bond donors (Lipinski definition) is 6. The van der Waals surface area contributed by atoms with Crippen LogP contribution < -0.4 is 51.7 Å². The summed E-state index contributed by atoms with van der Waals surface area (Å²) in [4.78, 5) is 112. The number of carbonyl (C=O) groups excluding carboxylic acids is 3. The first-order chi connectivity index (χ1) is 52.3. The molecule has 11 rings (SSSR count). The number of aryl methyl sites for hydroxylation is 2. The highest BCUT2D eigenvalue weighted by Crippen LogP contribution is 2.39. The first-order valence-electron chi connectivity index (χ1n) is 38.0. The molecular formula is C82H102Cl3N15O8S. The third-order valence-electron chi connectivity index (χ3n) is 22.7. The van der Waals surface area contributed by atoms with Gasteiger partial charge in [-0.2, -0.15) is 5.26 Å². The maximum atomic E-state index is 14.5. The fourth-order valence-corrected chi connectivity index (χ4v) is 17.9. The number of ether oxygens (including phenoxy) is 1. The number of aromatic amines is 3. The maximum Gasteiger partial charge on any atom is 0.251 e. The highest BCUT2D eigenvalue weighted by atomic mass is 35.5. The number of aromatic nitrogens is 5. The molecule has 3 amide bonds. The second-order valence-electron chi connectivity index (χ2n) is 29.6. The molecule has 3 aliphatic carbocycles. The van der Waals surface area contributed by atoms with E-state index in [4.69, 9.17) is 44.0 Å². The minimum atomic E-state index is -0.429. The third kappa shape index (κ3) is 18.8. The van der Waals surface area contributed by atoms with Crippen LogP contribution in [0.25, 0.3) is 22.0 Å². The molecule has 0 unspecified atom stereocenters. The van der Waals surface area contributed by atoms with Crippen LogP contribution in [0.1, 0.15) is 185 Å². The molecule has 580 valence electrons. The van der Waals surface area contributed by atoms with Crippen LogP contribution in [0.5, 0.6) is 5.88 Å². The average Bonchev–Trinajstić information content (AvgIpc) is 1.42. The minimum Gasteiger partial charge on any atom is -0.477 e. The van der Waals surface area contributed by atoms with E-state index in [1.807, 2.05) is 65.0 Å². The molecule has 0 bridgehead atoms. The number of nitriles is 1. The van der Waals surface area contributed by atoms with Crippen molar-refractivity contribution >= 4 is 81.1 Å². The first kappa shape index (κ1) is 81.2. The van der Waals surface area contributed by atoms with Crippen LogP contribution in [0.2, 0.25) is 15.1 Å². The summed E-state index contributed by atoms with van der Waals surface area (Å²) in [6.07, 6.45) is 14.4. The first-order valence-corrected chi connectivity index (χ1v) is 39.9. The van der Waals surface area contributed by atoms with Gasteiger partial charge in [0.15, 0.2) is 28.4 Å². The molecule has 8 aromatic rings. The number of anilines is 3. The van der Waals surface area contributed by atoms with Crippen molar-refractivity contribution < 1.29 is 23.5 Å². The molecule has 0 spiro atoms. The van der Waals surface area contributed by atoms with E-state index < -0.39 is 5.43 Å². The second kappa shape index (κ2) is 36.4. The summed E-state index contributed by atoms with van der Waals surface area (Å²) < 4.78 is 16.6. The number of halogens is 3. The third-order valence-corrected chi connectivity index (χ3v) is 24.1. The molecule has 0 radical (unpaired) electrons. The zero-order chi connectivity index (χ0) is 78.1. The fourth-order valence-electron chi connectivity index (χ4n) is 16.6. The lowest BCUT2D eigenvalue weighted by molar-refractivity contribution is 0.0941. The van der Waals surface area contributed by atoms with Crippen molar-refractivity contribution in [1.29, 1.82) is 5.26 Å². The van der Waals surface area contributed by atoms with Gasteiger partial charge in [-0.25, -0.2) is 9.36 Å². The molecule has 6 N–H and O–H groups in total. The quantitative estimate of drug-likeness (QED) is 0.0254. The van der Waals surface area contributed by atoms with Gasteiger partial charge >= 0.3 is 0 Å². The van der Waals surface area contributed by atoms with E-state index in [-0.39, 0.29) is 96.1 Å². The molecule has 0 aliphatic heterocycles. The van der Waals surface area contributed by atoms with Gasteiger partial charge in [-0.15, -0.1) is 0 Å². The molecule has 3 aromatic carbocycles. The lowest BCUT2D eigenvalue weighted by Crippen LogP contribution is -2.44. The fraction of sp³-hybridized carbons (Fsp3) is 0.476. The highest BCUT2D eigenvalue weighted by molar-refractivity contribution is 7.09. The molecule has 5 aromatic heterocycles. The Balaban J connectivity index is 0.678. The number of pyridine rings is 3. The van der Waals surface area contributed by atoms with E-state index in [0.717, 1.165) is 122 Å². The number of oxazole rings is 1. The highest BCUT2D eigenvalue weighted by Gasteiger charge is 2.34. The summed E-state index contributed by atoms with van der Waals surface area (Å²) in [6.45, 7) is 18.9. The summed E-state index contributed by atoms with van der Waals surface area (Å²) >= 11 is 21.7. The molecule has 109 heavy (non-hydrogen) atoms. The number of benzene rings is 3. The number of nitrogens with one attached hydrogen (secondary N) is 6. The van der Waals surface area contributed by atoms with Crippen molar-refractivity contribution in [2.45, 2.75) is 195 Å². The monoisotopic (exact) mass is 1560 g/mol. The largest absolute Gasteiger partial charge is 0.477 e. The topological polar surface area (TPSA) is 277 Å². The van der Waals surface area contributed by atoms with E-state index >= 15 is 0 Å². The van der Waals surface area contributed by atoms with Crippen molar-refractivity contribution in [2.75, 3.05) is 75.7 Å². The Morgan fingerprint density at radius 3 is 1.40 bits per heavy atom. The van der Waals surface area contributed by atoms with E-state index in [2.05, 4.69) is 119 Å². The lowest BCUT2D eigenvalue weighted by atomic mass is 9.88. The van der Waals surface area contributed by atoms with Crippen LogP contribution in [0.15, 0.2) is 92.1 Å². The molecule has 5 heterocycles. The van der Waals surface area contributed by atoms with E-state index in [1.165, 1.54) is 36.1 Å². The molecule has 0 saturated heterocycles. The van der Waals surface area contributed by atoms with Crippen LogP contribution in [-0.4, -0.2) is 154 Å². The molecule has 3 fully saturated rings. The van der Waals surface area contributed by atoms with Crippen molar-refractivity contribution in [3.05, 3.63) is 192 Å². The number of carbonyl (C=O) groups is 3. The van der Waals surface area contributed by atoms with Gasteiger partial charge in [-0.05, 0) is 231 Å². The Labute approximate surface area is 657 Å². The molecule has 0 atom stereocenters. The number of H-pyrrole nitrogens is 3. The van der Waals surface area contributed by atoms with E-state index in [0.29, 0.717) is 115 Å². The molecule has 23 nitrogen and oxygen atoms in total. The van der Waals surface area contributed by atoms with Crippen molar-refractivity contribution in [2.24, 2.45) is 0 Å². The van der Waals surface area contributed by atoms with Crippen molar-refractivity contribution in [1.82, 2.24) is 55.0 Å². The van der Waals surface area contributed by atoms with Crippen LogP contribution in [0.4, 0.5) is 17.1 Å². The van der Waals surface area contributed by atoms with Gasteiger partial charge in [0.05, 0.1) is 28.4 Å². The summed E-state index contributed by atoms with van der Waals surface area (Å²) in [6, 6.07) is 20.6. The lowest BCUT2D eigenvalue weighted by Gasteiger charge is -2.41. The summed E-state index contributed by atoms with van der Waals surface area (Å²) in [5, 5.41) is 20.2. The van der Waals surface area contributed by atoms with Gasteiger partial charge in [0, 0.05) is 178 Å². The average molecular weight is 1560 g/mol. The maximum absolute atomic E-state index is 14.5. The predicted octanol–water partition coefficient (Wildman–Crippen LogP) is 13.8. The van der Waals surface area contributed by atoms with Crippen LogP contribution >= 0.6 is 46.3 Å². The Morgan fingerprint density at radius 1 is 0.560 bits per heavy atom. The van der Waals surface area contributed by atoms with Gasteiger partial charge in [-0.1, -0.05) is 34.8 Å². The van der Waals surface area contributed by atoms with E-state index in [1.54, 1.807) is 24.4 Å². The Hall–Kier alpha value is -8.80. The van der Waals surface area contributed by atoms with Crippen molar-refractivity contribution in [3.8, 4) is 34.0 Å². The van der Waals surface area contributed by atoms with E-state index in [9.17, 15) is 34.0 Å². The van der Waals surface area contributed by atoms with Gasteiger partial charge in [0.25, 0.3) is 17.7 Å². The van der Waals surface area contributed by atoms with Crippen LogP contribution in [0.3, 0.4) is 0 Å². The van der Waals surface area contributed by atoms with Gasteiger partial charge in [0.1, 0.15) is 24.1 Å². The zero-order valence-electron chi connectivity index (χ0n) is 64.6. The Kier molecular flexibility index (Phi) is 27.1. The second-order valence-corrected chi connectivity index (χ2v) is 31.7. The van der Waals surface area contributed by atoms with Gasteiger partial charge in [-0.3, -0.25) is 33.7 Å². The Morgan fingerprint density at radius 2 is 0.972 bits per heavy atom. The Bertz CT molecular complexity index is 4810. The number of likely N-dealkylation sites (N-methyl/N-ethyl adjacent to an activating group) is 1. The minimum absolute atomic E-state index is 0.0199. The predicted molar refractivity (Wildman–Crippen MR) is 435 cm³/mol. The number of rotatable bonds is 29. The number of hydrogen-bond acceptors (Lipinski definition) is 18. The van der Waals surface area contributed by atoms with Crippen LogP contribution in [0, 0.1) is 45.9 Å². The van der Waals surface area contributed by atoms with Crippen LogP contribution in [-0.2, 0) is 26.2 Å². The standard InChI is InChI=1S/C82H102Cl3N15O8S/c1-13-98(59-22-16-56(17-23-59)95(9)10)69-37-54(85)36-64(51(69)8)81(106)89-44-67-74(103)40-55(41-86)94-82(67)107-31-30-96(11)57-18-24-60(25-19-57)99(14-2)70-38-53(84)35-63(50(70)7)80(105)88-43-66-73(102)33-48(5)93-77(66)78-68(90-46-108-78)45-97(12)58-20-26-61(27-21-58)100(15-3)71-39-52(83)34-62(49(71)6)79(104)87-42-65-72(101)32-47(4)92-76(65)75-28-29-91-109-75/h28-29,32-40,46,56-61H,13-27,30-31,42-45H2,1-12H3,(H,87,104)(H,88,105)(H,89,106)(H,92,101)(H,93,102)(H,94,103). The van der Waals surface area contributed by atoms with Gasteiger partial charge < -0.3 is 64.6 Å². The van der Waals surface area contributed by atoms with Gasteiger partial charge in [0.2, 0.25) is 5.88 Å². The summed E-state index contributed by atoms with van der Waals surface area (Å²) in [5.74, 6) is -0.540. The smallest absolute Gasteiger partial charge is 0.251 e. The molecular weight excluding hydrogens is 1460 g/mol. The zero-order valence-corrected chi connectivity index (χ0v) is 67.7. The normalized spacial score (nSPS) is 18.0. The van der Waals surface area contributed by atoms with Crippen molar-refractivity contribution in [3.63, 3.8) is 0 Å². The molecule has 27 heteroatoms. The molecule has 3 aliphatic rings. The number of nitrogens with zero attached hydrogens (tertiary/aromatic N) is 9.